The molecule has 1 heterocycles. The average molecular weight is 258 g/mol. The van der Waals surface area contributed by atoms with Gasteiger partial charge in [-0.25, -0.2) is 9.37 Å². The van der Waals surface area contributed by atoms with E-state index in [1.165, 1.54) is 16.8 Å². The van der Waals surface area contributed by atoms with Gasteiger partial charge >= 0.3 is 6.18 Å². The van der Waals surface area contributed by atoms with Crippen molar-refractivity contribution in [1.82, 2.24) is 9.55 Å². The van der Waals surface area contributed by atoms with Gasteiger partial charge in [-0.3, -0.25) is 0 Å². The quantitative estimate of drug-likeness (QED) is 0.753. The number of benzene rings is 1. The van der Waals surface area contributed by atoms with E-state index in [0.29, 0.717) is 12.2 Å². The van der Waals surface area contributed by atoms with Crippen LogP contribution < -0.4 is 0 Å². The van der Waals surface area contributed by atoms with E-state index in [-0.39, 0.29) is 5.69 Å². The number of alkyl halides is 3. The minimum Gasteiger partial charge on any atom is -0.304 e. The van der Waals surface area contributed by atoms with Crippen LogP contribution in [0.3, 0.4) is 0 Å². The van der Waals surface area contributed by atoms with Crippen LogP contribution in [-0.2, 0) is 12.6 Å². The summed E-state index contributed by atoms with van der Waals surface area (Å²) < 4.78 is 52.4. The van der Waals surface area contributed by atoms with E-state index in [1.807, 2.05) is 6.92 Å². The molecule has 2 nitrogen and oxygen atoms in total. The van der Waals surface area contributed by atoms with Crippen LogP contribution in [0.2, 0.25) is 0 Å². The highest BCUT2D eigenvalue weighted by molar-refractivity contribution is 5.39. The van der Waals surface area contributed by atoms with Crippen molar-refractivity contribution < 1.29 is 17.6 Å². The Morgan fingerprint density at radius 3 is 2.61 bits per heavy atom. The maximum atomic E-state index is 13.1. The van der Waals surface area contributed by atoms with Crippen molar-refractivity contribution in [3.63, 3.8) is 0 Å². The highest BCUT2D eigenvalue weighted by Crippen LogP contribution is 2.32. The number of hydrogen-bond acceptors (Lipinski definition) is 1. The first-order chi connectivity index (χ1) is 8.43. The number of rotatable bonds is 2. The van der Waals surface area contributed by atoms with Gasteiger partial charge in [0.1, 0.15) is 11.6 Å². The summed E-state index contributed by atoms with van der Waals surface area (Å²) in [6, 6.07) is 2.90. The van der Waals surface area contributed by atoms with Crippen molar-refractivity contribution in [1.29, 1.82) is 0 Å². The van der Waals surface area contributed by atoms with Crippen molar-refractivity contribution in [2.45, 2.75) is 19.5 Å². The number of aromatic nitrogens is 2. The van der Waals surface area contributed by atoms with Gasteiger partial charge in [-0.2, -0.15) is 13.2 Å². The molecule has 0 aliphatic carbocycles. The molecule has 0 unspecified atom stereocenters. The lowest BCUT2D eigenvalue weighted by Gasteiger charge is -2.12. The first-order valence-electron chi connectivity index (χ1n) is 5.33. The van der Waals surface area contributed by atoms with Crippen molar-refractivity contribution in [3.8, 4) is 5.69 Å². The molecule has 0 amide bonds. The van der Waals surface area contributed by atoms with Crippen LogP contribution >= 0.6 is 0 Å². The first kappa shape index (κ1) is 12.6. The molecule has 2 aromatic rings. The summed E-state index contributed by atoms with van der Waals surface area (Å²) in [6.45, 7) is 1.84. The molecule has 0 aliphatic heterocycles. The SMILES string of the molecule is CCc1nccn1-c1ccc(F)c(C(F)(F)F)c1. The molecule has 1 aromatic carbocycles. The fraction of sp³-hybridized carbons (Fsp3) is 0.250. The Balaban J connectivity index is 2.54. The Morgan fingerprint density at radius 1 is 1.28 bits per heavy atom. The summed E-state index contributed by atoms with van der Waals surface area (Å²) >= 11 is 0. The minimum absolute atomic E-state index is 0.248. The molecule has 0 N–H and O–H groups in total. The molecule has 0 saturated heterocycles. The maximum Gasteiger partial charge on any atom is 0.419 e. The molecular weight excluding hydrogens is 248 g/mol. The Bertz CT molecular complexity index is 557. The predicted molar refractivity (Wildman–Crippen MR) is 57.9 cm³/mol. The van der Waals surface area contributed by atoms with Gasteiger partial charge in [-0.15, -0.1) is 0 Å². The lowest BCUT2D eigenvalue weighted by Crippen LogP contribution is -2.10. The lowest BCUT2D eigenvalue weighted by molar-refractivity contribution is -0.140. The third-order valence-corrected chi connectivity index (χ3v) is 2.57. The molecule has 0 radical (unpaired) electrons. The molecule has 0 aliphatic rings. The second-order valence-electron chi connectivity index (χ2n) is 3.73. The molecule has 0 spiro atoms. The third-order valence-electron chi connectivity index (χ3n) is 2.57. The van der Waals surface area contributed by atoms with Crippen LogP contribution in [0, 0.1) is 5.82 Å². The van der Waals surface area contributed by atoms with Gasteiger partial charge in [0.05, 0.1) is 5.56 Å². The molecular formula is C12H10F4N2. The van der Waals surface area contributed by atoms with Crippen LogP contribution in [-0.4, -0.2) is 9.55 Å². The van der Waals surface area contributed by atoms with E-state index < -0.39 is 17.6 Å². The highest BCUT2D eigenvalue weighted by Gasteiger charge is 2.34. The average Bonchev–Trinajstić information content (AvgIpc) is 2.76. The third kappa shape index (κ3) is 2.23. The van der Waals surface area contributed by atoms with Gasteiger partial charge in [-0.05, 0) is 18.2 Å². The number of aryl methyl sites for hydroxylation is 1. The van der Waals surface area contributed by atoms with E-state index in [2.05, 4.69) is 4.98 Å². The van der Waals surface area contributed by atoms with Crippen LogP contribution in [0.1, 0.15) is 18.3 Å². The molecule has 6 heteroatoms. The summed E-state index contributed by atoms with van der Waals surface area (Å²) in [7, 11) is 0. The first-order valence-corrected chi connectivity index (χ1v) is 5.33. The van der Waals surface area contributed by atoms with Crippen molar-refractivity contribution in [2.75, 3.05) is 0 Å². The smallest absolute Gasteiger partial charge is 0.304 e. The maximum absolute atomic E-state index is 13.1. The van der Waals surface area contributed by atoms with E-state index in [9.17, 15) is 17.6 Å². The number of imidazole rings is 1. The Morgan fingerprint density at radius 2 is 2.00 bits per heavy atom. The summed E-state index contributed by atoms with van der Waals surface area (Å²) in [4.78, 5) is 4.01. The second-order valence-corrected chi connectivity index (χ2v) is 3.73. The number of hydrogen-bond donors (Lipinski definition) is 0. The van der Waals surface area contributed by atoms with E-state index in [0.717, 1.165) is 12.1 Å². The van der Waals surface area contributed by atoms with E-state index >= 15 is 0 Å². The van der Waals surface area contributed by atoms with Gasteiger partial charge in [0.25, 0.3) is 0 Å². The summed E-state index contributed by atoms with van der Waals surface area (Å²) in [5.74, 6) is -0.654. The van der Waals surface area contributed by atoms with Gasteiger partial charge in [0, 0.05) is 24.5 Å². The zero-order valence-electron chi connectivity index (χ0n) is 9.50. The largest absolute Gasteiger partial charge is 0.419 e. The normalized spacial score (nSPS) is 11.8. The molecule has 0 bridgehead atoms. The zero-order valence-corrected chi connectivity index (χ0v) is 9.50. The summed E-state index contributed by atoms with van der Waals surface area (Å²) in [5, 5.41) is 0. The van der Waals surface area contributed by atoms with Crippen LogP contribution in [0.4, 0.5) is 17.6 Å². The number of nitrogens with zero attached hydrogens (tertiary/aromatic N) is 2. The molecule has 96 valence electrons. The van der Waals surface area contributed by atoms with Gasteiger partial charge in [0.2, 0.25) is 0 Å². The molecule has 0 saturated carbocycles. The van der Waals surface area contributed by atoms with Crippen molar-refractivity contribution in [3.05, 3.63) is 47.8 Å². The van der Waals surface area contributed by atoms with Crippen LogP contribution in [0.5, 0.6) is 0 Å². The molecule has 1 aromatic heterocycles. The fourth-order valence-corrected chi connectivity index (χ4v) is 1.71. The second kappa shape index (κ2) is 4.44. The zero-order chi connectivity index (χ0) is 13.3. The molecule has 0 fully saturated rings. The minimum atomic E-state index is -4.70. The lowest BCUT2D eigenvalue weighted by atomic mass is 10.1. The monoisotopic (exact) mass is 258 g/mol. The van der Waals surface area contributed by atoms with Crippen molar-refractivity contribution >= 4 is 0 Å². The molecule has 2 rings (SSSR count). The topological polar surface area (TPSA) is 17.8 Å². The van der Waals surface area contributed by atoms with Crippen LogP contribution in [0.25, 0.3) is 5.69 Å². The van der Waals surface area contributed by atoms with E-state index in [4.69, 9.17) is 0 Å². The molecule has 18 heavy (non-hydrogen) atoms. The predicted octanol–water partition coefficient (Wildman–Crippen LogP) is 3.59. The van der Waals surface area contributed by atoms with Gasteiger partial charge in [-0.1, -0.05) is 6.92 Å². The standard InChI is InChI=1S/C12H10F4N2/c1-2-11-17-5-6-18(11)8-3-4-10(13)9(7-8)12(14,15)16/h3-7H,2H2,1H3. The van der Waals surface area contributed by atoms with Gasteiger partial charge in [0.15, 0.2) is 0 Å². The van der Waals surface area contributed by atoms with Crippen molar-refractivity contribution in [2.24, 2.45) is 0 Å². The summed E-state index contributed by atoms with van der Waals surface area (Å²) in [6.07, 6.45) is -1.08. The number of halogens is 4. The fourth-order valence-electron chi connectivity index (χ4n) is 1.71. The Labute approximate surface area is 101 Å². The highest BCUT2D eigenvalue weighted by atomic mass is 19.4. The Kier molecular flexibility index (Phi) is 3.11. The molecule has 0 atom stereocenters. The van der Waals surface area contributed by atoms with E-state index in [1.54, 1.807) is 6.20 Å². The Hall–Kier alpha value is -1.85. The summed E-state index contributed by atoms with van der Waals surface area (Å²) in [5.41, 5.74) is -1.02. The van der Waals surface area contributed by atoms with Crippen LogP contribution in [0.15, 0.2) is 30.6 Å². The van der Waals surface area contributed by atoms with Gasteiger partial charge < -0.3 is 4.57 Å².